The van der Waals surface area contributed by atoms with Crippen molar-refractivity contribution < 1.29 is 0 Å². The van der Waals surface area contributed by atoms with Gasteiger partial charge in [0.1, 0.15) is 0 Å². The first-order valence-corrected chi connectivity index (χ1v) is 4.67. The van der Waals surface area contributed by atoms with E-state index in [0.29, 0.717) is 5.41 Å². The highest BCUT2D eigenvalue weighted by atomic mass is 15.0. The minimum absolute atomic E-state index is 0.190. The van der Waals surface area contributed by atoms with Gasteiger partial charge in [-0.1, -0.05) is 27.2 Å². The van der Waals surface area contributed by atoms with Crippen LogP contribution in [-0.4, -0.2) is 12.1 Å². The zero-order valence-electron chi connectivity index (χ0n) is 9.20. The SMILES string of the molecule is [CH2-][CH+]CCNC(C)(C)C(C)(C)C. The van der Waals surface area contributed by atoms with Crippen LogP contribution in [-0.2, 0) is 0 Å². The minimum Gasteiger partial charge on any atom is -0.307 e. The number of rotatable bonds is 4. The molecule has 0 aromatic rings. The van der Waals surface area contributed by atoms with E-state index in [4.69, 9.17) is 0 Å². The van der Waals surface area contributed by atoms with Gasteiger partial charge in [-0.25, -0.2) is 0 Å². The van der Waals surface area contributed by atoms with E-state index in [1.165, 1.54) is 0 Å². The summed E-state index contributed by atoms with van der Waals surface area (Å²) in [5.41, 5.74) is 0.490. The van der Waals surface area contributed by atoms with Gasteiger partial charge in [0.05, 0.1) is 6.42 Å². The number of hydrogen-bond acceptors (Lipinski definition) is 1. The lowest BCUT2D eigenvalue weighted by Gasteiger charge is -2.39. The van der Waals surface area contributed by atoms with E-state index in [-0.39, 0.29) is 5.54 Å². The highest BCUT2D eigenvalue weighted by Gasteiger charge is 2.31. The molecule has 0 bridgehead atoms. The molecular formula is C11H23N. The zero-order valence-corrected chi connectivity index (χ0v) is 9.20. The summed E-state index contributed by atoms with van der Waals surface area (Å²) in [6, 6.07) is 0. The molecular weight excluding hydrogens is 146 g/mol. The molecule has 0 aliphatic rings. The van der Waals surface area contributed by atoms with E-state index < -0.39 is 0 Å². The van der Waals surface area contributed by atoms with Gasteiger partial charge in [0.2, 0.25) is 0 Å². The summed E-state index contributed by atoms with van der Waals surface area (Å²) in [7, 11) is 0. The zero-order chi connectivity index (χ0) is 9.83. The fourth-order valence-corrected chi connectivity index (χ4v) is 0.752. The predicted octanol–water partition coefficient (Wildman–Crippen LogP) is 2.83. The van der Waals surface area contributed by atoms with Gasteiger partial charge in [-0.05, 0) is 19.3 Å². The van der Waals surface area contributed by atoms with E-state index in [1.807, 2.05) is 6.42 Å². The highest BCUT2D eigenvalue weighted by molar-refractivity contribution is 4.90. The van der Waals surface area contributed by atoms with Crippen molar-refractivity contribution >= 4 is 0 Å². The van der Waals surface area contributed by atoms with Crippen LogP contribution in [0.5, 0.6) is 0 Å². The third kappa shape index (κ3) is 3.48. The largest absolute Gasteiger partial charge is 0.307 e. The molecule has 0 atom stereocenters. The molecule has 0 aromatic carbocycles. The summed E-state index contributed by atoms with van der Waals surface area (Å²) >= 11 is 0. The van der Waals surface area contributed by atoms with Gasteiger partial charge in [-0.15, -0.1) is 6.92 Å². The Hall–Kier alpha value is -0.170. The van der Waals surface area contributed by atoms with Crippen molar-refractivity contribution in [2.24, 2.45) is 5.41 Å². The van der Waals surface area contributed by atoms with Crippen molar-refractivity contribution in [3.63, 3.8) is 0 Å². The average molecular weight is 169 g/mol. The molecule has 0 saturated heterocycles. The van der Waals surface area contributed by atoms with Crippen LogP contribution < -0.4 is 5.32 Å². The molecule has 0 amide bonds. The first-order valence-electron chi connectivity index (χ1n) is 4.67. The molecule has 72 valence electrons. The van der Waals surface area contributed by atoms with Gasteiger partial charge in [-0.3, -0.25) is 0 Å². The summed E-state index contributed by atoms with van der Waals surface area (Å²) < 4.78 is 0. The average Bonchev–Trinajstić information content (AvgIpc) is 1.85. The lowest BCUT2D eigenvalue weighted by Crippen LogP contribution is -2.50. The number of nitrogens with one attached hydrogen (secondary N) is 1. The van der Waals surface area contributed by atoms with Crippen LogP contribution in [0.15, 0.2) is 0 Å². The van der Waals surface area contributed by atoms with Crippen molar-refractivity contribution in [3.05, 3.63) is 13.3 Å². The fourth-order valence-electron chi connectivity index (χ4n) is 0.752. The highest BCUT2D eigenvalue weighted by Crippen LogP contribution is 2.29. The van der Waals surface area contributed by atoms with E-state index in [0.717, 1.165) is 13.0 Å². The lowest BCUT2D eigenvalue weighted by atomic mass is 9.76. The Morgan fingerprint density at radius 2 is 1.67 bits per heavy atom. The molecule has 0 fully saturated rings. The summed E-state index contributed by atoms with van der Waals surface area (Å²) in [5.74, 6) is 0. The molecule has 0 unspecified atom stereocenters. The minimum atomic E-state index is 0.190. The third-order valence-corrected chi connectivity index (χ3v) is 2.79. The second kappa shape index (κ2) is 4.18. The maximum absolute atomic E-state index is 3.70. The van der Waals surface area contributed by atoms with Gasteiger partial charge >= 0.3 is 0 Å². The van der Waals surface area contributed by atoms with Crippen LogP contribution in [0.2, 0.25) is 0 Å². The van der Waals surface area contributed by atoms with E-state index >= 15 is 0 Å². The normalized spacial score (nSPS) is 13.2. The van der Waals surface area contributed by atoms with Crippen molar-refractivity contribution in [2.75, 3.05) is 6.54 Å². The van der Waals surface area contributed by atoms with Crippen LogP contribution >= 0.6 is 0 Å². The molecule has 0 heterocycles. The summed E-state index contributed by atoms with van der Waals surface area (Å²) in [5, 5.41) is 3.53. The van der Waals surface area contributed by atoms with Gasteiger partial charge in [0, 0.05) is 12.1 Å². The maximum atomic E-state index is 3.70. The van der Waals surface area contributed by atoms with Gasteiger partial charge in [0.25, 0.3) is 0 Å². The Labute approximate surface area is 77.9 Å². The number of unbranched alkanes of at least 4 members (excludes halogenated alkanes) is 1. The predicted molar refractivity (Wildman–Crippen MR) is 55.8 cm³/mol. The second-order valence-electron chi connectivity index (χ2n) is 4.88. The Morgan fingerprint density at radius 3 is 2.00 bits per heavy atom. The quantitative estimate of drug-likeness (QED) is 0.504. The first kappa shape index (κ1) is 11.8. The molecule has 0 aliphatic heterocycles. The van der Waals surface area contributed by atoms with Crippen molar-refractivity contribution in [3.8, 4) is 0 Å². The van der Waals surface area contributed by atoms with E-state index in [9.17, 15) is 0 Å². The Kier molecular flexibility index (Phi) is 4.12. The van der Waals surface area contributed by atoms with E-state index in [2.05, 4.69) is 46.9 Å². The van der Waals surface area contributed by atoms with Crippen LogP contribution in [0.4, 0.5) is 0 Å². The fraction of sp³-hybridized carbons (Fsp3) is 0.818. The molecule has 0 aromatic heterocycles. The standard InChI is InChI=1S/C11H23N/c1-7-8-9-12-11(5,6)10(2,3)4/h7,12H,1,8-9H2,2-6H3. The molecule has 1 heteroatoms. The summed E-state index contributed by atoms with van der Waals surface area (Å²) in [6.07, 6.45) is 2.99. The summed E-state index contributed by atoms with van der Waals surface area (Å²) in [4.78, 5) is 0. The topological polar surface area (TPSA) is 12.0 Å². The van der Waals surface area contributed by atoms with Gasteiger partial charge in [-0.2, -0.15) is 0 Å². The molecule has 0 radical (unpaired) electrons. The van der Waals surface area contributed by atoms with Crippen LogP contribution in [0.25, 0.3) is 0 Å². The Morgan fingerprint density at radius 1 is 1.17 bits per heavy atom. The molecule has 1 N–H and O–H groups in total. The lowest BCUT2D eigenvalue weighted by molar-refractivity contribution is 0.178. The van der Waals surface area contributed by atoms with Crippen LogP contribution in [0, 0.1) is 18.8 Å². The molecule has 0 spiro atoms. The molecule has 1 nitrogen and oxygen atoms in total. The van der Waals surface area contributed by atoms with Crippen molar-refractivity contribution in [1.29, 1.82) is 0 Å². The Balaban J connectivity index is 3.88. The molecule has 12 heavy (non-hydrogen) atoms. The smallest absolute Gasteiger partial charge is 0.0694 e. The van der Waals surface area contributed by atoms with Crippen LogP contribution in [0.3, 0.4) is 0 Å². The first-order chi connectivity index (χ1) is 5.31. The van der Waals surface area contributed by atoms with E-state index in [1.54, 1.807) is 0 Å². The Bertz CT molecular complexity index is 119. The third-order valence-electron chi connectivity index (χ3n) is 2.79. The summed E-state index contributed by atoms with van der Waals surface area (Å²) in [6.45, 7) is 16.0. The molecule has 0 saturated carbocycles. The second-order valence-corrected chi connectivity index (χ2v) is 4.88. The van der Waals surface area contributed by atoms with Gasteiger partial charge < -0.3 is 5.32 Å². The van der Waals surface area contributed by atoms with Crippen LogP contribution in [0.1, 0.15) is 41.0 Å². The molecule has 0 aliphatic carbocycles. The number of hydrogen-bond donors (Lipinski definition) is 1. The monoisotopic (exact) mass is 169 g/mol. The van der Waals surface area contributed by atoms with Crippen molar-refractivity contribution in [2.45, 2.75) is 46.6 Å². The maximum Gasteiger partial charge on any atom is 0.0694 e. The van der Waals surface area contributed by atoms with Gasteiger partial charge in [0.15, 0.2) is 0 Å². The molecule has 0 rings (SSSR count). The van der Waals surface area contributed by atoms with Crippen molar-refractivity contribution in [1.82, 2.24) is 5.32 Å².